The van der Waals surface area contributed by atoms with Crippen LogP contribution in [0.3, 0.4) is 0 Å². The monoisotopic (exact) mass is 307 g/mol. The van der Waals surface area contributed by atoms with Gasteiger partial charge in [0.2, 0.25) is 5.91 Å². The maximum atomic E-state index is 12.8. The number of likely N-dealkylation sites (tertiary alicyclic amines) is 1. The molecule has 2 heterocycles. The van der Waals surface area contributed by atoms with Gasteiger partial charge in [0, 0.05) is 18.9 Å². The van der Waals surface area contributed by atoms with Crippen LogP contribution in [0, 0.1) is 0 Å². The van der Waals surface area contributed by atoms with Crippen LogP contribution in [0.25, 0.3) is 0 Å². The van der Waals surface area contributed by atoms with Gasteiger partial charge in [-0.25, -0.2) is 4.79 Å². The smallest absolute Gasteiger partial charge is 0.312 e. The second-order valence-electron chi connectivity index (χ2n) is 5.76. The summed E-state index contributed by atoms with van der Waals surface area (Å²) in [6.45, 7) is 3.48. The van der Waals surface area contributed by atoms with E-state index >= 15 is 0 Å². The number of amides is 3. The predicted molar refractivity (Wildman–Crippen MR) is 83.0 cm³/mol. The maximum absolute atomic E-state index is 12.8. The first kappa shape index (κ1) is 16.3. The molecule has 0 bridgehead atoms. The van der Waals surface area contributed by atoms with E-state index in [-0.39, 0.29) is 11.9 Å². The molecule has 1 aromatic heterocycles. The van der Waals surface area contributed by atoms with Gasteiger partial charge in [-0.3, -0.25) is 9.48 Å². The van der Waals surface area contributed by atoms with E-state index in [0.717, 1.165) is 32.2 Å². The summed E-state index contributed by atoms with van der Waals surface area (Å²) in [6.07, 6.45) is 8.06. The Morgan fingerprint density at radius 3 is 2.95 bits per heavy atom. The average Bonchev–Trinajstić information content (AvgIpc) is 3.14. The average molecular weight is 307 g/mol. The Morgan fingerprint density at radius 1 is 1.50 bits per heavy atom. The first-order valence-corrected chi connectivity index (χ1v) is 7.95. The van der Waals surface area contributed by atoms with E-state index in [1.54, 1.807) is 6.20 Å². The second kappa shape index (κ2) is 7.82. The number of nitrogens with two attached hydrogens (primary N) is 1. The van der Waals surface area contributed by atoms with Gasteiger partial charge < -0.3 is 16.0 Å². The second-order valence-corrected chi connectivity index (χ2v) is 5.76. The number of nitrogens with one attached hydrogen (secondary N) is 1. The van der Waals surface area contributed by atoms with E-state index in [2.05, 4.69) is 17.3 Å². The Balaban J connectivity index is 2.01. The molecular formula is C15H25N5O2. The van der Waals surface area contributed by atoms with Crippen LogP contribution in [0.1, 0.15) is 39.0 Å². The molecule has 0 radical (unpaired) electrons. The van der Waals surface area contributed by atoms with Crippen LogP contribution in [0.5, 0.6) is 0 Å². The highest BCUT2D eigenvalue weighted by molar-refractivity contribution is 5.86. The van der Waals surface area contributed by atoms with Gasteiger partial charge in [0.15, 0.2) is 0 Å². The molecule has 1 aliphatic rings. The van der Waals surface area contributed by atoms with Crippen LogP contribution in [0.4, 0.5) is 4.79 Å². The number of unbranched alkanes of at least 4 members (excludes halogenated alkanes) is 1. The minimum absolute atomic E-state index is 0.0260. The van der Waals surface area contributed by atoms with Crippen molar-refractivity contribution in [2.75, 3.05) is 6.54 Å². The lowest BCUT2D eigenvalue weighted by molar-refractivity contribution is -0.134. The van der Waals surface area contributed by atoms with E-state index in [1.807, 2.05) is 21.8 Å². The van der Waals surface area contributed by atoms with Crippen molar-refractivity contribution in [3.63, 3.8) is 0 Å². The fraction of sp³-hybridized carbons (Fsp3) is 0.667. The number of nitrogens with zero attached hydrogens (tertiary/aromatic N) is 3. The molecule has 1 aromatic rings. The molecule has 0 unspecified atom stereocenters. The van der Waals surface area contributed by atoms with Gasteiger partial charge in [0.25, 0.3) is 0 Å². The van der Waals surface area contributed by atoms with Crippen LogP contribution >= 0.6 is 0 Å². The molecule has 2 rings (SSSR count). The molecule has 1 aliphatic heterocycles. The van der Waals surface area contributed by atoms with Gasteiger partial charge in [-0.2, -0.15) is 5.10 Å². The van der Waals surface area contributed by atoms with E-state index < -0.39 is 12.1 Å². The molecule has 3 N–H and O–H groups in total. The lowest BCUT2D eigenvalue weighted by Crippen LogP contribution is -2.52. The first-order valence-electron chi connectivity index (χ1n) is 7.95. The van der Waals surface area contributed by atoms with Crippen molar-refractivity contribution in [3.8, 4) is 0 Å². The SMILES string of the molecule is CCCC[C@H](NC(N)=O)C(=O)N1CCC[C@@H]1Cn1cccn1. The van der Waals surface area contributed by atoms with Crippen molar-refractivity contribution in [1.29, 1.82) is 0 Å². The zero-order chi connectivity index (χ0) is 15.9. The van der Waals surface area contributed by atoms with Crippen molar-refractivity contribution in [2.24, 2.45) is 5.73 Å². The van der Waals surface area contributed by atoms with Crippen molar-refractivity contribution in [1.82, 2.24) is 20.0 Å². The molecule has 0 aliphatic carbocycles. The zero-order valence-corrected chi connectivity index (χ0v) is 13.1. The number of aromatic nitrogens is 2. The van der Waals surface area contributed by atoms with Gasteiger partial charge in [-0.1, -0.05) is 19.8 Å². The first-order chi connectivity index (χ1) is 10.6. The molecule has 0 aromatic carbocycles. The summed E-state index contributed by atoms with van der Waals surface area (Å²) in [4.78, 5) is 25.8. The molecule has 122 valence electrons. The molecule has 7 heteroatoms. The zero-order valence-electron chi connectivity index (χ0n) is 13.1. The van der Waals surface area contributed by atoms with Crippen molar-refractivity contribution in [2.45, 2.75) is 57.7 Å². The number of primary amides is 1. The Labute approximate surface area is 130 Å². The third kappa shape index (κ3) is 4.22. The molecule has 7 nitrogen and oxygen atoms in total. The van der Waals surface area contributed by atoms with Gasteiger partial charge in [-0.05, 0) is 25.3 Å². The maximum Gasteiger partial charge on any atom is 0.312 e. The molecule has 2 atom stereocenters. The van der Waals surface area contributed by atoms with Gasteiger partial charge in [0.05, 0.1) is 12.6 Å². The van der Waals surface area contributed by atoms with Crippen LogP contribution in [0.15, 0.2) is 18.5 Å². The highest BCUT2D eigenvalue weighted by atomic mass is 16.2. The van der Waals surface area contributed by atoms with Gasteiger partial charge >= 0.3 is 6.03 Å². The molecular weight excluding hydrogens is 282 g/mol. The van der Waals surface area contributed by atoms with Gasteiger partial charge in [0.1, 0.15) is 6.04 Å². The number of carbonyl (C=O) groups excluding carboxylic acids is 2. The Kier molecular flexibility index (Phi) is 5.80. The third-order valence-corrected chi connectivity index (χ3v) is 4.08. The van der Waals surface area contributed by atoms with E-state index in [0.29, 0.717) is 13.0 Å². The lowest BCUT2D eigenvalue weighted by Gasteiger charge is -2.29. The quantitative estimate of drug-likeness (QED) is 0.790. The normalized spacial score (nSPS) is 19.1. The number of urea groups is 1. The number of carbonyl (C=O) groups is 2. The highest BCUT2D eigenvalue weighted by Crippen LogP contribution is 2.20. The fourth-order valence-corrected chi connectivity index (χ4v) is 2.98. The van der Waals surface area contributed by atoms with Crippen molar-refractivity contribution in [3.05, 3.63) is 18.5 Å². The summed E-state index contributed by atoms with van der Waals surface area (Å²) in [5.74, 6) is -0.0260. The van der Waals surface area contributed by atoms with Crippen molar-refractivity contribution >= 4 is 11.9 Å². The predicted octanol–water partition coefficient (Wildman–Crippen LogP) is 1.10. The van der Waals surface area contributed by atoms with Crippen molar-refractivity contribution < 1.29 is 9.59 Å². The fourth-order valence-electron chi connectivity index (χ4n) is 2.98. The minimum atomic E-state index is -0.641. The summed E-state index contributed by atoms with van der Waals surface area (Å²) in [7, 11) is 0. The summed E-state index contributed by atoms with van der Waals surface area (Å²) in [6, 6.07) is 0.846. The van der Waals surface area contributed by atoms with E-state index in [9.17, 15) is 9.59 Å². The Hall–Kier alpha value is -2.05. The molecule has 1 fully saturated rings. The number of rotatable bonds is 7. The topological polar surface area (TPSA) is 93.2 Å². The van der Waals surface area contributed by atoms with Crippen LogP contribution < -0.4 is 11.1 Å². The summed E-state index contributed by atoms with van der Waals surface area (Å²) in [5, 5.41) is 6.80. The summed E-state index contributed by atoms with van der Waals surface area (Å²) < 4.78 is 1.85. The van der Waals surface area contributed by atoms with Gasteiger partial charge in [-0.15, -0.1) is 0 Å². The lowest BCUT2D eigenvalue weighted by atomic mass is 10.1. The standard InChI is InChI=1S/C15H25N5O2/c1-2-3-7-13(18-15(16)22)14(21)20-10-4-6-12(20)11-19-9-5-8-17-19/h5,8-9,12-13H,2-4,6-7,10-11H2,1H3,(H3,16,18,22)/t12-,13+/m1/s1. The Morgan fingerprint density at radius 2 is 2.32 bits per heavy atom. The molecule has 0 saturated carbocycles. The van der Waals surface area contributed by atoms with E-state index in [4.69, 9.17) is 5.73 Å². The largest absolute Gasteiger partial charge is 0.352 e. The molecule has 0 spiro atoms. The Bertz CT molecular complexity index is 488. The highest BCUT2D eigenvalue weighted by Gasteiger charge is 2.33. The number of hydrogen-bond donors (Lipinski definition) is 2. The summed E-state index contributed by atoms with van der Waals surface area (Å²) in [5.41, 5.74) is 5.21. The minimum Gasteiger partial charge on any atom is -0.352 e. The van der Waals surface area contributed by atoms with E-state index in [1.165, 1.54) is 0 Å². The number of hydrogen-bond acceptors (Lipinski definition) is 3. The third-order valence-electron chi connectivity index (χ3n) is 4.08. The molecule has 22 heavy (non-hydrogen) atoms. The van der Waals surface area contributed by atoms with Crippen LogP contribution in [-0.4, -0.2) is 45.2 Å². The molecule has 3 amide bonds. The summed E-state index contributed by atoms with van der Waals surface area (Å²) >= 11 is 0. The van der Waals surface area contributed by atoms with Crippen LogP contribution in [0.2, 0.25) is 0 Å². The van der Waals surface area contributed by atoms with Crippen LogP contribution in [-0.2, 0) is 11.3 Å². The molecule has 1 saturated heterocycles.